The number of hydrogen-bond donors (Lipinski definition) is 2. The molecule has 1 fully saturated rings. The van der Waals surface area contributed by atoms with Crippen molar-refractivity contribution >= 4 is 39.4 Å². The summed E-state index contributed by atoms with van der Waals surface area (Å²) < 4.78 is 7.29. The third kappa shape index (κ3) is 2.63. The highest BCUT2D eigenvalue weighted by Gasteiger charge is 2.42. The molecule has 1 aliphatic carbocycles. The van der Waals surface area contributed by atoms with E-state index in [0.29, 0.717) is 34.0 Å². The van der Waals surface area contributed by atoms with E-state index in [1.807, 2.05) is 22.9 Å². The van der Waals surface area contributed by atoms with Gasteiger partial charge in [0.05, 0.1) is 11.4 Å². The van der Waals surface area contributed by atoms with Crippen LogP contribution in [0.3, 0.4) is 0 Å². The van der Waals surface area contributed by atoms with Crippen molar-refractivity contribution in [1.29, 1.82) is 0 Å². The van der Waals surface area contributed by atoms with Gasteiger partial charge in [-0.25, -0.2) is 19.6 Å². The van der Waals surface area contributed by atoms with Crippen LogP contribution in [0.2, 0.25) is 0 Å². The lowest BCUT2D eigenvalue weighted by atomic mass is 9.92. The van der Waals surface area contributed by atoms with Crippen molar-refractivity contribution in [1.82, 2.24) is 30.0 Å². The van der Waals surface area contributed by atoms with E-state index in [-0.39, 0.29) is 17.7 Å². The molecular formula is C22H19N7O2. The lowest BCUT2D eigenvalue weighted by molar-refractivity contribution is -0.116. The van der Waals surface area contributed by atoms with Crippen molar-refractivity contribution in [3.05, 3.63) is 49.7 Å². The summed E-state index contributed by atoms with van der Waals surface area (Å²) in [6, 6.07) is 5.47. The van der Waals surface area contributed by atoms with Gasteiger partial charge in [0, 0.05) is 17.2 Å². The molecule has 9 heteroatoms. The number of hydrogen-bond acceptors (Lipinski definition) is 8. The van der Waals surface area contributed by atoms with Gasteiger partial charge >= 0.3 is 0 Å². The van der Waals surface area contributed by atoms with Gasteiger partial charge in [0.2, 0.25) is 0 Å². The minimum Gasteiger partial charge on any atom is -0.443 e. The number of fused-ring (bicyclic) bond motifs is 3. The molecule has 3 unspecified atom stereocenters. The fourth-order valence-corrected chi connectivity index (χ4v) is 4.78. The van der Waals surface area contributed by atoms with Crippen LogP contribution in [0.5, 0.6) is 0 Å². The Hall–Kier alpha value is -3.85. The molecule has 4 heterocycles. The standard InChI is InChI=1S/C22H19N7O2/c1-2-16(30)20-14-7-13(5-12(14)8-24-20)29-22-18(21(23)25-9-26-22)19(28-29)11-3-4-15-17(6-11)31-10-27-15/h2-4,6-7,9-10,12,14,20,24H,1,5,8H2,(H2,23,25,26). The lowest BCUT2D eigenvalue weighted by Crippen LogP contribution is -2.33. The number of rotatable bonds is 4. The van der Waals surface area contributed by atoms with Crippen LogP contribution in [-0.2, 0) is 4.79 Å². The van der Waals surface area contributed by atoms with Crippen LogP contribution in [0, 0.1) is 11.8 Å². The average Bonchev–Trinajstić information content (AvgIpc) is 3.54. The number of anilines is 1. The van der Waals surface area contributed by atoms with E-state index < -0.39 is 0 Å². The first-order chi connectivity index (χ1) is 15.1. The number of carbonyl (C=O) groups is 1. The van der Waals surface area contributed by atoms with Crippen LogP contribution in [0.4, 0.5) is 5.82 Å². The first-order valence-corrected chi connectivity index (χ1v) is 10.1. The maximum absolute atomic E-state index is 12.2. The molecule has 31 heavy (non-hydrogen) atoms. The lowest BCUT2D eigenvalue weighted by Gasteiger charge is -2.12. The van der Waals surface area contributed by atoms with Crippen LogP contribution in [0.1, 0.15) is 6.42 Å². The second-order valence-electron chi connectivity index (χ2n) is 7.94. The van der Waals surface area contributed by atoms with Crippen molar-refractivity contribution in [3.63, 3.8) is 0 Å². The SMILES string of the molecule is C=CC(=O)C1NCC2CC(n3nc(-c4ccc5ncoc5c4)c4c(N)ncnc43)=CC21. The summed E-state index contributed by atoms with van der Waals surface area (Å²) in [5, 5.41) is 8.90. The molecule has 0 bridgehead atoms. The molecule has 1 saturated heterocycles. The van der Waals surface area contributed by atoms with Gasteiger partial charge < -0.3 is 15.5 Å². The quantitative estimate of drug-likeness (QED) is 0.489. The number of nitrogens with one attached hydrogen (secondary N) is 1. The molecule has 4 aromatic rings. The van der Waals surface area contributed by atoms with Gasteiger partial charge in [0.1, 0.15) is 23.4 Å². The van der Waals surface area contributed by atoms with E-state index in [9.17, 15) is 4.79 Å². The van der Waals surface area contributed by atoms with Gasteiger partial charge in [-0.1, -0.05) is 18.7 Å². The van der Waals surface area contributed by atoms with Crippen molar-refractivity contribution in [2.45, 2.75) is 12.5 Å². The fourth-order valence-electron chi connectivity index (χ4n) is 4.78. The Balaban J connectivity index is 1.50. The number of benzene rings is 1. The molecule has 1 aromatic carbocycles. The Labute approximate surface area is 176 Å². The summed E-state index contributed by atoms with van der Waals surface area (Å²) in [6.45, 7) is 4.41. The number of nitrogens with two attached hydrogens (primary N) is 1. The molecule has 6 rings (SSSR count). The van der Waals surface area contributed by atoms with Crippen molar-refractivity contribution < 1.29 is 9.21 Å². The molecule has 0 radical (unpaired) electrons. The monoisotopic (exact) mass is 413 g/mol. The highest BCUT2D eigenvalue weighted by molar-refractivity contribution is 6.00. The molecule has 0 amide bonds. The maximum Gasteiger partial charge on any atom is 0.181 e. The van der Waals surface area contributed by atoms with Gasteiger partial charge in [-0.05, 0) is 37.1 Å². The predicted molar refractivity (Wildman–Crippen MR) is 116 cm³/mol. The first kappa shape index (κ1) is 18.0. The summed E-state index contributed by atoms with van der Waals surface area (Å²) in [5.74, 6) is 0.816. The molecule has 154 valence electrons. The molecule has 3 aromatic heterocycles. The molecule has 3 atom stereocenters. The second kappa shape index (κ2) is 6.58. The van der Waals surface area contributed by atoms with Gasteiger partial charge in [-0.3, -0.25) is 4.79 Å². The minimum atomic E-state index is -0.241. The third-order valence-electron chi connectivity index (χ3n) is 6.26. The zero-order chi connectivity index (χ0) is 21.1. The van der Waals surface area contributed by atoms with Crippen LogP contribution >= 0.6 is 0 Å². The Morgan fingerprint density at radius 2 is 2.23 bits per heavy atom. The van der Waals surface area contributed by atoms with E-state index in [0.717, 1.165) is 29.7 Å². The number of nitrogen functional groups attached to an aromatic ring is 1. The van der Waals surface area contributed by atoms with E-state index in [2.05, 4.69) is 32.9 Å². The summed E-state index contributed by atoms with van der Waals surface area (Å²) in [7, 11) is 0. The summed E-state index contributed by atoms with van der Waals surface area (Å²) in [5.41, 5.74) is 10.9. The van der Waals surface area contributed by atoms with E-state index in [1.165, 1.54) is 18.8 Å². The molecule has 3 N–H and O–H groups in total. The number of nitrogens with zero attached hydrogens (tertiary/aromatic N) is 5. The van der Waals surface area contributed by atoms with Crippen LogP contribution in [-0.4, -0.2) is 43.1 Å². The van der Waals surface area contributed by atoms with Gasteiger partial charge in [-0.2, -0.15) is 5.10 Å². The summed E-state index contributed by atoms with van der Waals surface area (Å²) in [4.78, 5) is 25.1. The Kier molecular flexibility index (Phi) is 3.81. The van der Waals surface area contributed by atoms with Crippen LogP contribution in [0.25, 0.3) is 39.1 Å². The van der Waals surface area contributed by atoms with E-state index in [1.54, 1.807) is 0 Å². The molecule has 9 nitrogen and oxygen atoms in total. The van der Waals surface area contributed by atoms with Crippen molar-refractivity contribution in [2.24, 2.45) is 11.8 Å². The summed E-state index contributed by atoms with van der Waals surface area (Å²) in [6.07, 6.45) is 7.17. The molecule has 0 spiro atoms. The summed E-state index contributed by atoms with van der Waals surface area (Å²) >= 11 is 0. The highest BCUT2D eigenvalue weighted by Crippen LogP contribution is 2.41. The predicted octanol–water partition coefficient (Wildman–Crippen LogP) is 2.42. The van der Waals surface area contributed by atoms with Gasteiger partial charge in [0.15, 0.2) is 23.4 Å². The van der Waals surface area contributed by atoms with Crippen LogP contribution in [0.15, 0.2) is 54.1 Å². The number of ketones is 1. The highest BCUT2D eigenvalue weighted by atomic mass is 16.3. The Bertz CT molecular complexity index is 1400. The minimum absolute atomic E-state index is 0.0166. The van der Waals surface area contributed by atoms with Crippen molar-refractivity contribution in [2.75, 3.05) is 12.3 Å². The Morgan fingerprint density at radius 1 is 1.32 bits per heavy atom. The topological polar surface area (TPSA) is 125 Å². The van der Waals surface area contributed by atoms with Gasteiger partial charge in [0.25, 0.3) is 0 Å². The second-order valence-corrected chi connectivity index (χ2v) is 7.94. The van der Waals surface area contributed by atoms with Crippen LogP contribution < -0.4 is 11.1 Å². The number of allylic oxidation sites excluding steroid dienone is 1. The van der Waals surface area contributed by atoms with Crippen molar-refractivity contribution in [3.8, 4) is 11.3 Å². The maximum atomic E-state index is 12.2. The number of carbonyl (C=O) groups excluding carboxylic acids is 1. The first-order valence-electron chi connectivity index (χ1n) is 10.1. The average molecular weight is 413 g/mol. The fraction of sp³-hybridized carbons (Fsp3) is 0.227. The number of aromatic nitrogens is 5. The van der Waals surface area contributed by atoms with Gasteiger partial charge in [-0.15, -0.1) is 0 Å². The Morgan fingerprint density at radius 3 is 3.10 bits per heavy atom. The number of oxazole rings is 1. The largest absolute Gasteiger partial charge is 0.443 e. The van der Waals surface area contributed by atoms with E-state index in [4.69, 9.17) is 15.2 Å². The smallest absolute Gasteiger partial charge is 0.181 e. The zero-order valence-corrected chi connectivity index (χ0v) is 16.5. The molecule has 0 saturated carbocycles. The normalized spacial score (nSPS) is 22.7. The van der Waals surface area contributed by atoms with E-state index >= 15 is 0 Å². The zero-order valence-electron chi connectivity index (χ0n) is 16.5. The third-order valence-corrected chi connectivity index (χ3v) is 6.26. The molecule has 2 aliphatic rings. The molecule has 1 aliphatic heterocycles. The molecular weight excluding hydrogens is 394 g/mol.